The lowest BCUT2D eigenvalue weighted by atomic mass is 9.78. The molecule has 0 amide bonds. The second-order valence-electron chi connectivity index (χ2n) is 3.88. The summed E-state index contributed by atoms with van der Waals surface area (Å²) in [5.74, 6) is -5.11. The largest absolute Gasteiger partial charge is 0.481 e. The molecule has 2 N–H and O–H groups in total. The van der Waals surface area contributed by atoms with Gasteiger partial charge in [-0.25, -0.2) is 8.78 Å². The number of alkyl halides is 2. The van der Waals surface area contributed by atoms with Gasteiger partial charge in [0.05, 0.1) is 11.5 Å². The number of hydrogen-bond donors (Lipinski definition) is 2. The van der Waals surface area contributed by atoms with Gasteiger partial charge in [0.1, 0.15) is 0 Å². The third-order valence-electron chi connectivity index (χ3n) is 2.78. The molecule has 0 aliphatic heterocycles. The summed E-state index contributed by atoms with van der Waals surface area (Å²) in [6, 6.07) is 0. The predicted octanol–water partition coefficient (Wildman–Crippen LogP) is 1.81. The van der Waals surface area contributed by atoms with Crippen LogP contribution in [0.1, 0.15) is 26.2 Å². The van der Waals surface area contributed by atoms with Gasteiger partial charge in [0.15, 0.2) is 0 Å². The average Bonchev–Trinajstić information content (AvgIpc) is 2.12. The molecule has 0 bridgehead atoms. The number of rotatable bonds is 3. The summed E-state index contributed by atoms with van der Waals surface area (Å²) < 4.78 is 25.5. The Balaban J connectivity index is 2.89. The van der Waals surface area contributed by atoms with E-state index in [-0.39, 0.29) is 12.8 Å². The van der Waals surface area contributed by atoms with Crippen LogP contribution in [0.5, 0.6) is 0 Å². The van der Waals surface area contributed by atoms with Crippen molar-refractivity contribution in [2.24, 2.45) is 5.92 Å². The van der Waals surface area contributed by atoms with Crippen molar-refractivity contribution in [3.05, 3.63) is 12.2 Å². The van der Waals surface area contributed by atoms with E-state index >= 15 is 0 Å². The average molecular weight is 220 g/mol. The molecule has 0 heterocycles. The number of hydrogen-bond acceptors (Lipinski definition) is 2. The van der Waals surface area contributed by atoms with Gasteiger partial charge in [-0.3, -0.25) is 4.79 Å². The van der Waals surface area contributed by atoms with Crippen LogP contribution in [-0.4, -0.2) is 27.7 Å². The molecular formula is C10H14F2O3. The van der Waals surface area contributed by atoms with Gasteiger partial charge in [-0.15, -0.1) is 0 Å². The maximum Gasteiger partial charge on any atom is 0.309 e. The molecule has 0 spiro atoms. The van der Waals surface area contributed by atoms with Crippen molar-refractivity contribution < 1.29 is 23.8 Å². The molecular weight excluding hydrogens is 206 g/mol. The SMILES string of the molecule is CCC(C(=O)O)C1(O)C=CC(F)(F)CC1. The van der Waals surface area contributed by atoms with Crippen molar-refractivity contribution in [1.82, 2.24) is 0 Å². The standard InChI is InChI=1S/C10H14F2O3/c1-2-7(8(13)14)9(15)3-5-10(11,12)6-4-9/h3,5,7,15H,2,4,6H2,1H3,(H,13,14). The zero-order valence-electron chi connectivity index (χ0n) is 8.41. The van der Waals surface area contributed by atoms with Crippen LogP contribution in [0.25, 0.3) is 0 Å². The van der Waals surface area contributed by atoms with Gasteiger partial charge in [0.25, 0.3) is 5.92 Å². The summed E-state index contributed by atoms with van der Waals surface area (Å²) in [4.78, 5) is 10.8. The third kappa shape index (κ3) is 2.53. The number of aliphatic hydroxyl groups is 1. The van der Waals surface area contributed by atoms with Crippen LogP contribution in [-0.2, 0) is 4.79 Å². The minimum Gasteiger partial charge on any atom is -0.481 e. The fourth-order valence-corrected chi connectivity index (χ4v) is 1.83. The highest BCUT2D eigenvalue weighted by Crippen LogP contribution is 2.37. The zero-order valence-corrected chi connectivity index (χ0v) is 8.41. The second kappa shape index (κ2) is 3.89. The van der Waals surface area contributed by atoms with E-state index in [1.807, 2.05) is 0 Å². The van der Waals surface area contributed by atoms with Gasteiger partial charge in [-0.2, -0.15) is 0 Å². The van der Waals surface area contributed by atoms with Crippen molar-refractivity contribution in [1.29, 1.82) is 0 Å². The fourth-order valence-electron chi connectivity index (χ4n) is 1.83. The Kier molecular flexibility index (Phi) is 3.13. The summed E-state index contributed by atoms with van der Waals surface area (Å²) in [6.45, 7) is 1.61. The first kappa shape index (κ1) is 12.1. The number of aliphatic carboxylic acids is 1. The molecule has 1 rings (SSSR count). The van der Waals surface area contributed by atoms with Crippen molar-refractivity contribution in [2.75, 3.05) is 0 Å². The van der Waals surface area contributed by atoms with Gasteiger partial charge in [-0.05, 0) is 18.9 Å². The smallest absolute Gasteiger partial charge is 0.309 e. The molecule has 2 atom stereocenters. The van der Waals surface area contributed by atoms with Gasteiger partial charge in [0, 0.05) is 6.42 Å². The van der Waals surface area contributed by atoms with Crippen LogP contribution in [0.3, 0.4) is 0 Å². The highest BCUT2D eigenvalue weighted by Gasteiger charge is 2.44. The third-order valence-corrected chi connectivity index (χ3v) is 2.78. The molecule has 0 saturated heterocycles. The van der Waals surface area contributed by atoms with Gasteiger partial charge >= 0.3 is 5.97 Å². The van der Waals surface area contributed by atoms with Crippen molar-refractivity contribution >= 4 is 5.97 Å². The zero-order chi connectivity index (χ0) is 11.7. The molecule has 2 unspecified atom stereocenters. The Hall–Kier alpha value is -0.970. The highest BCUT2D eigenvalue weighted by molar-refractivity contribution is 5.72. The van der Waals surface area contributed by atoms with E-state index in [2.05, 4.69) is 0 Å². The van der Waals surface area contributed by atoms with E-state index in [1.165, 1.54) is 0 Å². The Morgan fingerprint density at radius 2 is 2.07 bits per heavy atom. The van der Waals surface area contributed by atoms with E-state index < -0.39 is 29.8 Å². The molecule has 0 saturated carbocycles. The van der Waals surface area contributed by atoms with Crippen LogP contribution in [0, 0.1) is 5.92 Å². The molecule has 0 aromatic carbocycles. The molecule has 0 fully saturated rings. The number of carboxylic acid groups (broad SMARTS) is 1. The van der Waals surface area contributed by atoms with Crippen molar-refractivity contribution in [3.8, 4) is 0 Å². The van der Waals surface area contributed by atoms with Crippen molar-refractivity contribution in [2.45, 2.75) is 37.7 Å². The van der Waals surface area contributed by atoms with E-state index in [9.17, 15) is 18.7 Å². The normalized spacial score (nSPS) is 31.2. The number of carbonyl (C=O) groups is 1. The van der Waals surface area contributed by atoms with E-state index in [0.29, 0.717) is 6.08 Å². The molecule has 1 aliphatic carbocycles. The summed E-state index contributed by atoms with van der Waals surface area (Å²) in [7, 11) is 0. The lowest BCUT2D eigenvalue weighted by molar-refractivity contribution is -0.151. The minimum atomic E-state index is -2.93. The number of halogens is 2. The maximum atomic E-state index is 12.8. The summed E-state index contributed by atoms with van der Waals surface area (Å²) >= 11 is 0. The van der Waals surface area contributed by atoms with Crippen LogP contribution in [0.2, 0.25) is 0 Å². The minimum absolute atomic E-state index is 0.210. The highest BCUT2D eigenvalue weighted by atomic mass is 19.3. The lowest BCUT2D eigenvalue weighted by Gasteiger charge is -2.34. The molecule has 5 heteroatoms. The molecule has 1 aliphatic rings. The lowest BCUT2D eigenvalue weighted by Crippen LogP contribution is -2.44. The van der Waals surface area contributed by atoms with Gasteiger partial charge < -0.3 is 10.2 Å². The number of allylic oxidation sites excluding steroid dienone is 1. The first-order valence-electron chi connectivity index (χ1n) is 4.84. The fraction of sp³-hybridized carbons (Fsp3) is 0.700. The number of carboxylic acids is 1. The van der Waals surface area contributed by atoms with Gasteiger partial charge in [0.2, 0.25) is 0 Å². The first-order valence-corrected chi connectivity index (χ1v) is 4.84. The molecule has 0 aromatic rings. The Morgan fingerprint density at radius 3 is 2.40 bits per heavy atom. The van der Waals surface area contributed by atoms with Crippen LogP contribution >= 0.6 is 0 Å². The Labute approximate surface area is 86.4 Å². The quantitative estimate of drug-likeness (QED) is 0.713. The summed E-state index contributed by atoms with van der Waals surface area (Å²) in [5, 5.41) is 18.8. The van der Waals surface area contributed by atoms with Crippen LogP contribution < -0.4 is 0 Å². The molecule has 86 valence electrons. The second-order valence-corrected chi connectivity index (χ2v) is 3.88. The summed E-state index contributed by atoms with van der Waals surface area (Å²) in [5.41, 5.74) is -1.64. The van der Waals surface area contributed by atoms with E-state index in [4.69, 9.17) is 5.11 Å². The monoisotopic (exact) mass is 220 g/mol. The van der Waals surface area contributed by atoms with E-state index in [1.54, 1.807) is 6.92 Å². The molecule has 15 heavy (non-hydrogen) atoms. The van der Waals surface area contributed by atoms with Crippen LogP contribution in [0.4, 0.5) is 8.78 Å². The van der Waals surface area contributed by atoms with Crippen LogP contribution in [0.15, 0.2) is 12.2 Å². The maximum absolute atomic E-state index is 12.8. The van der Waals surface area contributed by atoms with E-state index in [0.717, 1.165) is 6.08 Å². The predicted molar refractivity (Wildman–Crippen MR) is 49.7 cm³/mol. The molecule has 0 aromatic heterocycles. The Morgan fingerprint density at radius 1 is 1.47 bits per heavy atom. The Bertz CT molecular complexity index is 288. The topological polar surface area (TPSA) is 57.5 Å². The van der Waals surface area contributed by atoms with Gasteiger partial charge in [-0.1, -0.05) is 13.0 Å². The molecule has 0 radical (unpaired) electrons. The van der Waals surface area contributed by atoms with Crippen molar-refractivity contribution in [3.63, 3.8) is 0 Å². The summed E-state index contributed by atoms with van der Waals surface area (Å²) in [6.07, 6.45) is 1.01. The first-order chi connectivity index (χ1) is 6.81. The molecule has 3 nitrogen and oxygen atoms in total.